The van der Waals surface area contributed by atoms with Crippen molar-refractivity contribution in [2.24, 2.45) is 0 Å². The van der Waals surface area contributed by atoms with Crippen molar-refractivity contribution in [1.82, 2.24) is 0 Å². The van der Waals surface area contributed by atoms with Gasteiger partial charge in [0.15, 0.2) is 0 Å². The van der Waals surface area contributed by atoms with Crippen LogP contribution in [-0.4, -0.2) is 25.2 Å². The van der Waals surface area contributed by atoms with Gasteiger partial charge in [0.2, 0.25) is 0 Å². The third-order valence-electron chi connectivity index (χ3n) is 2.34. The quantitative estimate of drug-likeness (QED) is 0.506. The molecule has 0 saturated heterocycles. The SMILES string of the molecule is CC.CC.CC.CC(=O)OCCOC(=O)CCCc1ccccc1. The summed E-state index contributed by atoms with van der Waals surface area (Å²) in [6, 6.07) is 9.99. The summed E-state index contributed by atoms with van der Waals surface area (Å²) in [4.78, 5) is 21.8. The molecule has 4 nitrogen and oxygen atoms in total. The smallest absolute Gasteiger partial charge is 0.305 e. The molecule has 0 atom stereocenters. The van der Waals surface area contributed by atoms with E-state index in [1.54, 1.807) is 0 Å². The molecule has 0 unspecified atom stereocenters. The summed E-state index contributed by atoms with van der Waals surface area (Å²) in [5.41, 5.74) is 1.21. The van der Waals surface area contributed by atoms with E-state index in [1.807, 2.05) is 71.9 Å². The third-order valence-corrected chi connectivity index (χ3v) is 2.34. The number of hydrogen-bond donors (Lipinski definition) is 0. The minimum Gasteiger partial charge on any atom is -0.462 e. The molecule has 0 saturated carbocycles. The number of esters is 2. The van der Waals surface area contributed by atoms with Gasteiger partial charge in [-0.1, -0.05) is 71.9 Å². The highest BCUT2D eigenvalue weighted by atomic mass is 16.6. The highest BCUT2D eigenvalue weighted by Crippen LogP contribution is 2.05. The van der Waals surface area contributed by atoms with Gasteiger partial charge in [0.25, 0.3) is 0 Å². The zero-order valence-corrected chi connectivity index (χ0v) is 16.6. The zero-order valence-electron chi connectivity index (χ0n) is 16.6. The number of hydrogen-bond acceptors (Lipinski definition) is 4. The fourth-order valence-electron chi connectivity index (χ4n) is 1.49. The number of benzene rings is 1. The summed E-state index contributed by atoms with van der Waals surface area (Å²) in [7, 11) is 0. The van der Waals surface area contributed by atoms with Crippen LogP contribution in [0.5, 0.6) is 0 Å². The zero-order chi connectivity index (χ0) is 19.2. The summed E-state index contributed by atoms with van der Waals surface area (Å²) >= 11 is 0. The summed E-state index contributed by atoms with van der Waals surface area (Å²) < 4.78 is 9.56. The molecule has 1 rings (SSSR count). The molecular formula is C20H36O4. The lowest BCUT2D eigenvalue weighted by atomic mass is 10.1. The van der Waals surface area contributed by atoms with Crippen molar-refractivity contribution < 1.29 is 19.1 Å². The Morgan fingerprint density at radius 3 is 1.83 bits per heavy atom. The van der Waals surface area contributed by atoms with Crippen molar-refractivity contribution in [3.63, 3.8) is 0 Å². The molecule has 1 aromatic carbocycles. The van der Waals surface area contributed by atoms with Crippen LogP contribution < -0.4 is 0 Å². The average Bonchev–Trinajstić information content (AvgIpc) is 2.64. The van der Waals surface area contributed by atoms with Crippen molar-refractivity contribution in [3.8, 4) is 0 Å². The molecule has 0 aliphatic carbocycles. The number of carbonyl (C=O) groups is 2. The third kappa shape index (κ3) is 20.2. The van der Waals surface area contributed by atoms with Crippen LogP contribution in [0.3, 0.4) is 0 Å². The van der Waals surface area contributed by atoms with Gasteiger partial charge < -0.3 is 9.47 Å². The average molecular weight is 341 g/mol. The topological polar surface area (TPSA) is 52.6 Å². The molecule has 0 spiro atoms. The predicted octanol–water partition coefficient (Wildman–Crippen LogP) is 5.19. The van der Waals surface area contributed by atoms with Crippen molar-refractivity contribution in [1.29, 1.82) is 0 Å². The van der Waals surface area contributed by atoms with Crippen LogP contribution in [0, 0.1) is 0 Å². The molecule has 24 heavy (non-hydrogen) atoms. The van der Waals surface area contributed by atoms with Crippen molar-refractivity contribution >= 4 is 11.9 Å². The van der Waals surface area contributed by atoms with E-state index < -0.39 is 0 Å². The summed E-state index contributed by atoms with van der Waals surface area (Å²) in [6.45, 7) is 13.6. The van der Waals surface area contributed by atoms with Crippen molar-refractivity contribution in [2.75, 3.05) is 13.2 Å². The minimum atomic E-state index is -0.366. The summed E-state index contributed by atoms with van der Waals surface area (Å²) in [6.07, 6.45) is 2.01. The van der Waals surface area contributed by atoms with Crippen LogP contribution >= 0.6 is 0 Å². The molecule has 0 heterocycles. The van der Waals surface area contributed by atoms with Gasteiger partial charge in [-0.15, -0.1) is 0 Å². The molecule has 0 bridgehead atoms. The standard InChI is InChI=1S/C14H18O4.3C2H6/c1-12(15)17-10-11-18-14(16)9-5-8-13-6-3-2-4-7-13;3*1-2/h2-4,6-7H,5,8-11H2,1H3;3*1-2H3. The van der Waals surface area contributed by atoms with E-state index in [0.29, 0.717) is 6.42 Å². The van der Waals surface area contributed by atoms with Gasteiger partial charge in [-0.05, 0) is 18.4 Å². The number of rotatable bonds is 7. The maximum atomic E-state index is 11.3. The number of aryl methyl sites for hydroxylation is 1. The lowest BCUT2D eigenvalue weighted by Gasteiger charge is -2.05. The number of ether oxygens (including phenoxy) is 2. The maximum Gasteiger partial charge on any atom is 0.305 e. The van der Waals surface area contributed by atoms with Gasteiger partial charge in [0.1, 0.15) is 13.2 Å². The van der Waals surface area contributed by atoms with Crippen LogP contribution in [0.25, 0.3) is 0 Å². The fourth-order valence-corrected chi connectivity index (χ4v) is 1.49. The highest BCUT2D eigenvalue weighted by Gasteiger charge is 2.03. The first kappa shape index (κ1) is 27.0. The molecule has 0 amide bonds. The first-order chi connectivity index (χ1) is 11.7. The van der Waals surface area contributed by atoms with Crippen LogP contribution in [0.1, 0.15) is 66.9 Å². The van der Waals surface area contributed by atoms with Crippen LogP contribution in [0.4, 0.5) is 0 Å². The number of carbonyl (C=O) groups excluding carboxylic acids is 2. The van der Waals surface area contributed by atoms with Crippen molar-refractivity contribution in [3.05, 3.63) is 35.9 Å². The van der Waals surface area contributed by atoms with Gasteiger partial charge >= 0.3 is 11.9 Å². The van der Waals surface area contributed by atoms with Crippen molar-refractivity contribution in [2.45, 2.75) is 67.7 Å². The van der Waals surface area contributed by atoms with E-state index in [4.69, 9.17) is 4.74 Å². The molecule has 4 heteroatoms. The Balaban J connectivity index is -0.000000659. The predicted molar refractivity (Wildman–Crippen MR) is 101 cm³/mol. The Morgan fingerprint density at radius 2 is 1.33 bits per heavy atom. The van der Waals surface area contributed by atoms with Crippen LogP contribution in [-0.2, 0) is 25.5 Å². The Hall–Kier alpha value is -1.84. The van der Waals surface area contributed by atoms with Gasteiger partial charge in [-0.3, -0.25) is 9.59 Å². The summed E-state index contributed by atoms with van der Waals surface area (Å²) in [5, 5.41) is 0. The molecule has 0 N–H and O–H groups in total. The van der Waals surface area contributed by atoms with E-state index in [1.165, 1.54) is 12.5 Å². The Morgan fingerprint density at radius 1 is 0.833 bits per heavy atom. The van der Waals surface area contributed by atoms with Gasteiger partial charge in [-0.25, -0.2) is 0 Å². The highest BCUT2D eigenvalue weighted by molar-refractivity contribution is 5.69. The molecule has 0 aromatic heterocycles. The van der Waals surface area contributed by atoms with Crippen LogP contribution in [0.2, 0.25) is 0 Å². The molecule has 0 fully saturated rings. The van der Waals surface area contributed by atoms with E-state index >= 15 is 0 Å². The monoisotopic (exact) mass is 340 g/mol. The van der Waals surface area contributed by atoms with Crippen LogP contribution in [0.15, 0.2) is 30.3 Å². The van der Waals surface area contributed by atoms with Gasteiger partial charge in [0.05, 0.1) is 0 Å². The summed E-state index contributed by atoms with van der Waals surface area (Å²) in [5.74, 6) is -0.617. The molecular weight excluding hydrogens is 304 g/mol. The minimum absolute atomic E-state index is 0.125. The van der Waals surface area contributed by atoms with E-state index in [0.717, 1.165) is 12.8 Å². The van der Waals surface area contributed by atoms with E-state index in [9.17, 15) is 9.59 Å². The Kier molecular flexibility index (Phi) is 26.4. The largest absolute Gasteiger partial charge is 0.462 e. The second-order valence-electron chi connectivity index (χ2n) is 3.90. The molecule has 1 aromatic rings. The molecule has 0 aliphatic rings. The molecule has 0 aliphatic heterocycles. The molecule has 0 radical (unpaired) electrons. The first-order valence-corrected chi connectivity index (χ1v) is 9.01. The fraction of sp³-hybridized carbons (Fsp3) is 0.600. The lowest BCUT2D eigenvalue weighted by Crippen LogP contribution is -2.12. The normalized spacial score (nSPS) is 8.12. The Labute approximate surface area is 148 Å². The Bertz CT molecular complexity index is 374. The molecule has 140 valence electrons. The van der Waals surface area contributed by atoms with E-state index in [2.05, 4.69) is 4.74 Å². The second kappa shape index (κ2) is 23.4. The van der Waals surface area contributed by atoms with E-state index in [-0.39, 0.29) is 25.2 Å². The van der Waals surface area contributed by atoms with Gasteiger partial charge in [-0.2, -0.15) is 0 Å². The second-order valence-corrected chi connectivity index (χ2v) is 3.90. The van der Waals surface area contributed by atoms with Gasteiger partial charge in [0, 0.05) is 13.3 Å². The lowest BCUT2D eigenvalue weighted by molar-refractivity contribution is -0.151. The maximum absolute atomic E-state index is 11.3. The first-order valence-electron chi connectivity index (χ1n) is 9.01.